The zero-order valence-electron chi connectivity index (χ0n) is 16.4. The van der Waals surface area contributed by atoms with Crippen molar-refractivity contribution in [2.45, 2.75) is 45.8 Å². The zero-order chi connectivity index (χ0) is 19.9. The molecule has 4 heterocycles. The third kappa shape index (κ3) is 3.52. The average Bonchev–Trinajstić information content (AvgIpc) is 3.04. The normalized spacial score (nSPS) is 14.2. The summed E-state index contributed by atoms with van der Waals surface area (Å²) in [5.74, 6) is 0. The molecule has 0 saturated carbocycles. The molecule has 3 aromatic heterocycles. The Morgan fingerprint density at radius 2 is 2.14 bits per heavy atom. The van der Waals surface area contributed by atoms with Gasteiger partial charge in [0.1, 0.15) is 11.2 Å². The lowest BCUT2D eigenvalue weighted by Crippen LogP contribution is -2.42. The standard InChI is InChI=1S/C21H24N4O3/c1-21(2,3)28-20(27)24-9-7-16-17(13-24)25-10-6-15(18(25)23-19(16)26)11-14-5-4-8-22-12-14/h4-6,8,10,12H,7,9,11,13H2,1-3H3,(H,23,26). The SMILES string of the molecule is CC(C)(C)OC(=O)N1CCc2c(n3ccc(Cc4cccnc4)c3[nH]c2=O)C1. The van der Waals surface area contributed by atoms with E-state index in [1.54, 1.807) is 11.1 Å². The largest absolute Gasteiger partial charge is 0.444 e. The Labute approximate surface area is 163 Å². The molecule has 7 nitrogen and oxygen atoms in total. The topological polar surface area (TPSA) is 79.7 Å². The van der Waals surface area contributed by atoms with Gasteiger partial charge in [0.2, 0.25) is 0 Å². The van der Waals surface area contributed by atoms with Crippen molar-refractivity contribution in [2.75, 3.05) is 6.54 Å². The number of pyridine rings is 1. The van der Waals surface area contributed by atoms with Crippen LogP contribution in [0, 0.1) is 0 Å². The van der Waals surface area contributed by atoms with Crippen LogP contribution in [0.15, 0.2) is 41.6 Å². The van der Waals surface area contributed by atoms with E-state index < -0.39 is 5.60 Å². The van der Waals surface area contributed by atoms with Gasteiger partial charge in [-0.25, -0.2) is 4.79 Å². The molecule has 3 aromatic rings. The zero-order valence-corrected chi connectivity index (χ0v) is 16.4. The molecule has 1 amide bonds. The average molecular weight is 380 g/mol. The summed E-state index contributed by atoms with van der Waals surface area (Å²) in [4.78, 5) is 34.0. The van der Waals surface area contributed by atoms with Gasteiger partial charge in [-0.2, -0.15) is 0 Å². The predicted octanol–water partition coefficient (Wildman–Crippen LogP) is 2.91. The number of amides is 1. The third-order valence-corrected chi connectivity index (χ3v) is 4.86. The van der Waals surface area contributed by atoms with Crippen molar-refractivity contribution in [3.63, 3.8) is 0 Å². The summed E-state index contributed by atoms with van der Waals surface area (Å²) in [6.45, 7) is 6.37. The highest BCUT2D eigenvalue weighted by Gasteiger charge is 2.28. The third-order valence-electron chi connectivity index (χ3n) is 4.86. The summed E-state index contributed by atoms with van der Waals surface area (Å²) in [5.41, 5.74) is 3.79. The van der Waals surface area contributed by atoms with Crippen molar-refractivity contribution in [3.8, 4) is 0 Å². The van der Waals surface area contributed by atoms with Gasteiger partial charge in [-0.1, -0.05) is 6.07 Å². The van der Waals surface area contributed by atoms with Crippen molar-refractivity contribution in [3.05, 3.63) is 69.5 Å². The molecule has 1 N–H and O–H groups in total. The van der Waals surface area contributed by atoms with Crippen molar-refractivity contribution in [1.29, 1.82) is 0 Å². The molecule has 146 valence electrons. The first kappa shape index (κ1) is 18.3. The van der Waals surface area contributed by atoms with Gasteiger partial charge in [0.15, 0.2) is 0 Å². The Kier molecular flexibility index (Phi) is 4.45. The number of ether oxygens (including phenoxy) is 1. The first-order chi connectivity index (χ1) is 13.3. The monoisotopic (exact) mass is 380 g/mol. The lowest BCUT2D eigenvalue weighted by molar-refractivity contribution is 0.0219. The fourth-order valence-electron chi connectivity index (χ4n) is 3.58. The number of carbonyl (C=O) groups is 1. The van der Waals surface area contributed by atoms with E-state index in [0.29, 0.717) is 25.9 Å². The molecule has 0 saturated heterocycles. The number of nitrogens with zero attached hydrogens (tertiary/aromatic N) is 3. The number of H-pyrrole nitrogens is 1. The van der Waals surface area contributed by atoms with E-state index in [1.807, 2.05) is 55.8 Å². The maximum atomic E-state index is 12.7. The smallest absolute Gasteiger partial charge is 0.410 e. The Balaban J connectivity index is 1.69. The van der Waals surface area contributed by atoms with Gasteiger partial charge < -0.3 is 19.0 Å². The second kappa shape index (κ2) is 6.82. The first-order valence-electron chi connectivity index (χ1n) is 9.42. The van der Waals surface area contributed by atoms with Crippen LogP contribution < -0.4 is 5.56 Å². The van der Waals surface area contributed by atoms with E-state index >= 15 is 0 Å². The molecule has 0 atom stereocenters. The maximum absolute atomic E-state index is 12.7. The molecular formula is C21H24N4O3. The van der Waals surface area contributed by atoms with Crippen LogP contribution in [0.4, 0.5) is 4.79 Å². The molecule has 4 rings (SSSR count). The van der Waals surface area contributed by atoms with Crippen LogP contribution >= 0.6 is 0 Å². The Hall–Kier alpha value is -3.09. The molecule has 0 unspecified atom stereocenters. The lowest BCUT2D eigenvalue weighted by atomic mass is 10.1. The number of rotatable bonds is 2. The Morgan fingerprint density at radius 3 is 2.86 bits per heavy atom. The second-order valence-corrected chi connectivity index (χ2v) is 8.13. The van der Waals surface area contributed by atoms with Crippen molar-refractivity contribution < 1.29 is 9.53 Å². The van der Waals surface area contributed by atoms with E-state index in [2.05, 4.69) is 9.97 Å². The van der Waals surface area contributed by atoms with Crippen LogP contribution in [0.25, 0.3) is 5.65 Å². The quantitative estimate of drug-likeness (QED) is 0.741. The summed E-state index contributed by atoms with van der Waals surface area (Å²) in [7, 11) is 0. The highest BCUT2D eigenvalue weighted by atomic mass is 16.6. The van der Waals surface area contributed by atoms with Gasteiger partial charge in [0, 0.05) is 37.1 Å². The van der Waals surface area contributed by atoms with Crippen LogP contribution in [-0.2, 0) is 24.1 Å². The summed E-state index contributed by atoms with van der Waals surface area (Å²) < 4.78 is 7.49. The van der Waals surface area contributed by atoms with E-state index in [4.69, 9.17) is 4.74 Å². The molecule has 0 radical (unpaired) electrons. The molecule has 7 heteroatoms. The van der Waals surface area contributed by atoms with Crippen molar-refractivity contribution >= 4 is 11.7 Å². The highest BCUT2D eigenvalue weighted by molar-refractivity contribution is 5.68. The highest BCUT2D eigenvalue weighted by Crippen LogP contribution is 2.22. The molecule has 0 fully saturated rings. The van der Waals surface area contributed by atoms with Gasteiger partial charge >= 0.3 is 6.09 Å². The summed E-state index contributed by atoms with van der Waals surface area (Å²) in [5, 5.41) is 0. The molecule has 1 aliphatic rings. The van der Waals surface area contributed by atoms with Gasteiger partial charge in [-0.05, 0) is 50.5 Å². The number of hydrogen-bond donors (Lipinski definition) is 1. The van der Waals surface area contributed by atoms with Gasteiger partial charge in [0.05, 0.1) is 12.2 Å². The van der Waals surface area contributed by atoms with Crippen molar-refractivity contribution in [2.24, 2.45) is 0 Å². The van der Waals surface area contributed by atoms with Gasteiger partial charge in [-0.3, -0.25) is 9.78 Å². The maximum Gasteiger partial charge on any atom is 0.410 e. The van der Waals surface area contributed by atoms with Gasteiger partial charge in [0.25, 0.3) is 5.56 Å². The molecular weight excluding hydrogens is 356 g/mol. The Morgan fingerprint density at radius 1 is 1.32 bits per heavy atom. The minimum Gasteiger partial charge on any atom is -0.444 e. The second-order valence-electron chi connectivity index (χ2n) is 8.13. The van der Waals surface area contributed by atoms with Crippen LogP contribution in [0.3, 0.4) is 0 Å². The predicted molar refractivity (Wildman–Crippen MR) is 105 cm³/mol. The number of fused-ring (bicyclic) bond motifs is 3. The summed E-state index contributed by atoms with van der Waals surface area (Å²) in [6.07, 6.45) is 6.35. The summed E-state index contributed by atoms with van der Waals surface area (Å²) >= 11 is 0. The molecule has 0 spiro atoms. The fraction of sp³-hybridized carbons (Fsp3) is 0.381. The summed E-state index contributed by atoms with van der Waals surface area (Å²) in [6, 6.07) is 5.92. The molecule has 1 aliphatic heterocycles. The van der Waals surface area contributed by atoms with Crippen LogP contribution in [0.2, 0.25) is 0 Å². The fourth-order valence-corrected chi connectivity index (χ4v) is 3.58. The van der Waals surface area contributed by atoms with E-state index in [9.17, 15) is 9.59 Å². The molecule has 0 bridgehead atoms. The van der Waals surface area contributed by atoms with Crippen LogP contribution in [0.1, 0.15) is 43.2 Å². The number of nitrogens with one attached hydrogen (secondary N) is 1. The molecule has 0 aliphatic carbocycles. The van der Waals surface area contributed by atoms with E-state index in [1.165, 1.54) is 0 Å². The van der Waals surface area contributed by atoms with E-state index in [-0.39, 0.29) is 11.7 Å². The minimum absolute atomic E-state index is 0.0857. The molecule has 0 aromatic carbocycles. The lowest BCUT2D eigenvalue weighted by Gasteiger charge is -2.31. The van der Waals surface area contributed by atoms with Crippen LogP contribution in [0.5, 0.6) is 0 Å². The number of hydrogen-bond acceptors (Lipinski definition) is 4. The molecule has 28 heavy (non-hydrogen) atoms. The van der Waals surface area contributed by atoms with Crippen molar-refractivity contribution in [1.82, 2.24) is 19.3 Å². The van der Waals surface area contributed by atoms with E-state index in [0.717, 1.165) is 28.0 Å². The Bertz CT molecular complexity index is 1080. The van der Waals surface area contributed by atoms with Gasteiger partial charge in [-0.15, -0.1) is 0 Å². The number of aromatic nitrogens is 3. The first-order valence-corrected chi connectivity index (χ1v) is 9.42. The number of aromatic amines is 1. The minimum atomic E-state index is -0.550. The van der Waals surface area contributed by atoms with Crippen LogP contribution in [-0.4, -0.2) is 37.5 Å². The number of carbonyl (C=O) groups excluding carboxylic acids is 1.